The Morgan fingerprint density at radius 2 is 1.86 bits per heavy atom. The standard InChI is InChI=1S/C9H18O4Si/c1-5-8(10-4)13-14-9(11-6-2)12-7-3/h5,9H,6-7H2,1-4H3. The van der Waals surface area contributed by atoms with Crippen LogP contribution in [0.25, 0.3) is 0 Å². The summed E-state index contributed by atoms with van der Waals surface area (Å²) in [5.74, 6) is 0.197. The lowest BCUT2D eigenvalue weighted by atomic mass is 10.7. The number of rotatable bonds is 8. The molecule has 0 amide bonds. The van der Waals surface area contributed by atoms with E-state index in [2.05, 4.69) is 0 Å². The van der Waals surface area contributed by atoms with E-state index >= 15 is 0 Å². The Morgan fingerprint density at radius 3 is 2.21 bits per heavy atom. The highest BCUT2D eigenvalue weighted by molar-refractivity contribution is 6.28. The van der Waals surface area contributed by atoms with Gasteiger partial charge >= 0.3 is 9.76 Å². The highest BCUT2D eigenvalue weighted by Crippen LogP contribution is 2.00. The molecular weight excluding hydrogens is 200 g/mol. The predicted molar refractivity (Wildman–Crippen MR) is 54.6 cm³/mol. The van der Waals surface area contributed by atoms with Crippen molar-refractivity contribution in [2.75, 3.05) is 20.3 Å². The second-order valence-corrected chi connectivity index (χ2v) is 3.19. The molecule has 2 radical (unpaired) electrons. The molecule has 0 bridgehead atoms. The van der Waals surface area contributed by atoms with E-state index in [-0.39, 0.29) is 15.7 Å². The average molecular weight is 218 g/mol. The van der Waals surface area contributed by atoms with Crippen molar-refractivity contribution in [3.05, 3.63) is 12.0 Å². The first-order chi connectivity index (χ1) is 6.78. The minimum absolute atomic E-state index is 0.0932. The highest BCUT2D eigenvalue weighted by Gasteiger charge is 2.13. The summed E-state index contributed by atoms with van der Waals surface area (Å²) in [4.78, 5) is 0. The first kappa shape index (κ1) is 13.5. The maximum absolute atomic E-state index is 5.32. The molecule has 0 unspecified atom stereocenters. The molecule has 0 aromatic heterocycles. The monoisotopic (exact) mass is 218 g/mol. The van der Waals surface area contributed by atoms with Crippen LogP contribution in [0.4, 0.5) is 0 Å². The maximum atomic E-state index is 5.32. The van der Waals surface area contributed by atoms with Crippen LogP contribution in [0, 0.1) is 0 Å². The number of allylic oxidation sites excluding steroid dienone is 1. The summed E-state index contributed by atoms with van der Waals surface area (Å²) in [5.41, 5.74) is 0. The number of ether oxygens (including phenoxy) is 3. The lowest BCUT2D eigenvalue weighted by Crippen LogP contribution is -2.26. The van der Waals surface area contributed by atoms with Gasteiger partial charge in [0.15, 0.2) is 5.91 Å². The second kappa shape index (κ2) is 9.05. The summed E-state index contributed by atoms with van der Waals surface area (Å²) < 4.78 is 20.9. The summed E-state index contributed by atoms with van der Waals surface area (Å²) in [7, 11) is 1.66. The Balaban J connectivity index is 3.79. The summed E-state index contributed by atoms with van der Waals surface area (Å²) in [6.07, 6.45) is 1.75. The topological polar surface area (TPSA) is 36.9 Å². The minimum Gasteiger partial charge on any atom is -0.511 e. The number of hydrogen-bond acceptors (Lipinski definition) is 4. The van der Waals surface area contributed by atoms with Gasteiger partial charge in [0.1, 0.15) is 0 Å². The van der Waals surface area contributed by atoms with Crippen LogP contribution in [0.1, 0.15) is 20.8 Å². The highest BCUT2D eigenvalue weighted by atomic mass is 28.2. The van der Waals surface area contributed by atoms with Gasteiger partial charge in [0.05, 0.1) is 7.11 Å². The fourth-order valence-corrected chi connectivity index (χ4v) is 1.63. The Bertz CT molecular complexity index is 155. The molecule has 14 heavy (non-hydrogen) atoms. The first-order valence-corrected chi connectivity index (χ1v) is 5.62. The number of hydrogen-bond donors (Lipinski definition) is 0. The van der Waals surface area contributed by atoms with Crippen molar-refractivity contribution < 1.29 is 18.6 Å². The van der Waals surface area contributed by atoms with Gasteiger partial charge in [-0.15, -0.1) is 0 Å². The molecule has 0 aromatic rings. The van der Waals surface area contributed by atoms with E-state index in [1.165, 1.54) is 0 Å². The molecule has 0 aromatic carbocycles. The second-order valence-electron chi connectivity index (χ2n) is 2.27. The van der Waals surface area contributed by atoms with Crippen LogP contribution < -0.4 is 0 Å². The van der Waals surface area contributed by atoms with Gasteiger partial charge in [-0.05, 0) is 26.8 Å². The molecule has 0 N–H and O–H groups in total. The fourth-order valence-electron chi connectivity index (χ4n) is 0.744. The quantitative estimate of drug-likeness (QED) is 0.351. The molecule has 4 nitrogen and oxygen atoms in total. The van der Waals surface area contributed by atoms with Crippen molar-refractivity contribution in [3.8, 4) is 0 Å². The third kappa shape index (κ3) is 6.01. The average Bonchev–Trinajstić information content (AvgIpc) is 2.20. The van der Waals surface area contributed by atoms with Gasteiger partial charge < -0.3 is 18.6 Å². The molecule has 0 saturated heterocycles. The normalized spacial score (nSPS) is 11.9. The molecule has 0 fully saturated rings. The molecule has 0 aliphatic carbocycles. The van der Waals surface area contributed by atoms with E-state index in [1.54, 1.807) is 13.2 Å². The molecule has 0 heterocycles. The molecule has 0 rings (SSSR count). The molecule has 0 saturated carbocycles. The van der Waals surface area contributed by atoms with E-state index in [9.17, 15) is 0 Å². The van der Waals surface area contributed by atoms with Crippen LogP contribution in [0.2, 0.25) is 0 Å². The zero-order valence-electron chi connectivity index (χ0n) is 9.20. The smallest absolute Gasteiger partial charge is 0.380 e. The third-order valence-electron chi connectivity index (χ3n) is 1.33. The van der Waals surface area contributed by atoms with Crippen molar-refractivity contribution in [3.63, 3.8) is 0 Å². The molecule has 5 heteroatoms. The van der Waals surface area contributed by atoms with Crippen LogP contribution in [0.5, 0.6) is 0 Å². The van der Waals surface area contributed by atoms with Gasteiger partial charge in [0.2, 0.25) is 0 Å². The fraction of sp³-hybridized carbons (Fsp3) is 0.778. The van der Waals surface area contributed by atoms with E-state index < -0.39 is 0 Å². The van der Waals surface area contributed by atoms with Gasteiger partial charge in [-0.1, -0.05) is 0 Å². The molecular formula is C9H18O4Si. The SMILES string of the molecule is CC=C(OC)O[Si]C(OCC)OCC. The summed E-state index contributed by atoms with van der Waals surface area (Å²) in [6, 6.07) is 0. The van der Waals surface area contributed by atoms with E-state index in [0.29, 0.717) is 19.2 Å². The zero-order valence-corrected chi connectivity index (χ0v) is 10.2. The third-order valence-corrected chi connectivity index (χ3v) is 2.17. The molecule has 0 spiro atoms. The van der Waals surface area contributed by atoms with Crippen LogP contribution in [0.15, 0.2) is 12.0 Å². The van der Waals surface area contributed by atoms with Crippen molar-refractivity contribution in [1.82, 2.24) is 0 Å². The Hall–Kier alpha value is -0.523. The van der Waals surface area contributed by atoms with Crippen LogP contribution >= 0.6 is 0 Å². The Labute approximate surface area is 88.1 Å². The van der Waals surface area contributed by atoms with Gasteiger partial charge in [-0.25, -0.2) is 0 Å². The van der Waals surface area contributed by atoms with Crippen molar-refractivity contribution in [1.29, 1.82) is 0 Å². The Kier molecular flexibility index (Phi) is 8.71. The number of methoxy groups -OCH3 is 1. The zero-order chi connectivity index (χ0) is 10.8. The van der Waals surface area contributed by atoms with Crippen LogP contribution in [0.3, 0.4) is 0 Å². The van der Waals surface area contributed by atoms with E-state index in [4.69, 9.17) is 18.6 Å². The summed E-state index contributed by atoms with van der Waals surface area (Å²) in [5, 5.41) is 0. The first-order valence-electron chi connectivity index (χ1n) is 4.64. The lowest BCUT2D eigenvalue weighted by molar-refractivity contribution is -0.0904. The lowest BCUT2D eigenvalue weighted by Gasteiger charge is -2.16. The van der Waals surface area contributed by atoms with Crippen molar-refractivity contribution in [2.45, 2.75) is 26.7 Å². The van der Waals surface area contributed by atoms with E-state index in [1.807, 2.05) is 20.8 Å². The minimum atomic E-state index is -0.296. The van der Waals surface area contributed by atoms with Gasteiger partial charge in [0.25, 0.3) is 5.95 Å². The van der Waals surface area contributed by atoms with Gasteiger partial charge in [0, 0.05) is 13.2 Å². The summed E-state index contributed by atoms with van der Waals surface area (Å²) in [6.45, 7) is 6.91. The van der Waals surface area contributed by atoms with Crippen LogP contribution in [-0.2, 0) is 18.6 Å². The largest absolute Gasteiger partial charge is 0.511 e. The summed E-state index contributed by atoms with van der Waals surface area (Å²) >= 11 is 0. The molecule has 0 atom stereocenters. The predicted octanol–water partition coefficient (Wildman–Crippen LogP) is 1.49. The van der Waals surface area contributed by atoms with Crippen LogP contribution in [-0.4, -0.2) is 36.0 Å². The van der Waals surface area contributed by atoms with Gasteiger partial charge in [-0.3, -0.25) is 0 Å². The van der Waals surface area contributed by atoms with Gasteiger partial charge in [-0.2, -0.15) is 0 Å². The van der Waals surface area contributed by atoms with Crippen molar-refractivity contribution >= 4 is 9.76 Å². The van der Waals surface area contributed by atoms with Crippen molar-refractivity contribution in [2.24, 2.45) is 0 Å². The Morgan fingerprint density at radius 1 is 1.29 bits per heavy atom. The molecule has 0 aliphatic heterocycles. The van der Waals surface area contributed by atoms with E-state index in [0.717, 1.165) is 0 Å². The maximum Gasteiger partial charge on any atom is 0.380 e. The molecule has 0 aliphatic rings. The molecule has 82 valence electrons.